The molecule has 0 spiro atoms. The number of rotatable bonds is 4. The highest BCUT2D eigenvalue weighted by Crippen LogP contribution is 2.39. The second-order valence-corrected chi connectivity index (χ2v) is 5.16. The molecule has 0 saturated carbocycles. The summed E-state index contributed by atoms with van der Waals surface area (Å²) >= 11 is 0. The first-order valence-corrected chi connectivity index (χ1v) is 7.02. The summed E-state index contributed by atoms with van der Waals surface area (Å²) in [5.74, 6) is 1.35. The molecule has 2 N–H and O–H groups in total. The molecule has 1 aliphatic rings. The van der Waals surface area contributed by atoms with Gasteiger partial charge in [-0.05, 0) is 29.8 Å². The van der Waals surface area contributed by atoms with E-state index in [1.54, 1.807) is 19.1 Å². The van der Waals surface area contributed by atoms with Gasteiger partial charge in [-0.1, -0.05) is 18.2 Å². The van der Waals surface area contributed by atoms with Gasteiger partial charge in [0.15, 0.2) is 0 Å². The van der Waals surface area contributed by atoms with Gasteiger partial charge in [0.25, 0.3) is 0 Å². The largest absolute Gasteiger partial charge is 0.497 e. The summed E-state index contributed by atoms with van der Waals surface area (Å²) in [6.45, 7) is 0. The van der Waals surface area contributed by atoms with Gasteiger partial charge in [0.2, 0.25) is 5.91 Å². The van der Waals surface area contributed by atoms with Gasteiger partial charge in [-0.2, -0.15) is 0 Å². The molecule has 5 nitrogen and oxygen atoms in total. The Labute approximate surface area is 129 Å². The summed E-state index contributed by atoms with van der Waals surface area (Å²) in [4.78, 5) is 13.9. The van der Waals surface area contributed by atoms with E-state index in [1.165, 1.54) is 0 Å². The van der Waals surface area contributed by atoms with Crippen LogP contribution in [0.2, 0.25) is 0 Å². The third-order valence-electron chi connectivity index (χ3n) is 3.91. The van der Waals surface area contributed by atoms with E-state index in [2.05, 4.69) is 0 Å². The fourth-order valence-corrected chi connectivity index (χ4v) is 2.74. The molecule has 0 unspecified atom stereocenters. The van der Waals surface area contributed by atoms with Gasteiger partial charge >= 0.3 is 0 Å². The maximum absolute atomic E-state index is 12.2. The van der Waals surface area contributed by atoms with Crippen LogP contribution in [0.3, 0.4) is 0 Å². The molecular formula is C17H18N2O3. The lowest BCUT2D eigenvalue weighted by atomic mass is 9.88. The van der Waals surface area contributed by atoms with Crippen molar-refractivity contribution in [2.45, 2.75) is 12.1 Å². The molecule has 114 valence electrons. The molecule has 0 radical (unpaired) electrons. The van der Waals surface area contributed by atoms with Crippen LogP contribution in [0.1, 0.15) is 11.6 Å². The van der Waals surface area contributed by atoms with Crippen molar-refractivity contribution in [2.75, 3.05) is 19.1 Å². The van der Waals surface area contributed by atoms with E-state index in [4.69, 9.17) is 15.2 Å². The van der Waals surface area contributed by atoms with E-state index in [-0.39, 0.29) is 11.9 Å². The number of carbonyl (C=O) groups is 1. The molecule has 1 aliphatic heterocycles. The van der Waals surface area contributed by atoms with E-state index < -0.39 is 6.04 Å². The predicted octanol–water partition coefficient (Wildman–Crippen LogP) is 2.12. The molecule has 1 heterocycles. The Morgan fingerprint density at radius 1 is 1.00 bits per heavy atom. The van der Waals surface area contributed by atoms with E-state index in [9.17, 15) is 4.79 Å². The Hall–Kier alpha value is -2.53. The minimum atomic E-state index is -0.543. The molecule has 2 aromatic rings. The zero-order valence-electron chi connectivity index (χ0n) is 12.5. The zero-order valence-corrected chi connectivity index (χ0v) is 12.5. The van der Waals surface area contributed by atoms with Crippen molar-refractivity contribution in [2.24, 2.45) is 5.73 Å². The molecule has 2 aromatic carbocycles. The molecule has 0 aliphatic carbocycles. The smallest absolute Gasteiger partial charge is 0.247 e. The first-order chi connectivity index (χ1) is 10.7. The number of ether oxygens (including phenoxy) is 2. The average molecular weight is 298 g/mol. The van der Waals surface area contributed by atoms with Crippen molar-refractivity contribution in [3.05, 3.63) is 54.1 Å². The Bertz CT molecular complexity index is 702. The Kier molecular flexibility index (Phi) is 3.73. The van der Waals surface area contributed by atoms with Gasteiger partial charge < -0.3 is 20.1 Å². The SMILES string of the molecule is COc1cccc([C@@H]2[C@H](N)C(=O)N2c2cccc(OC)c2)c1. The van der Waals surface area contributed by atoms with Gasteiger partial charge in [0.05, 0.1) is 20.3 Å². The summed E-state index contributed by atoms with van der Waals surface area (Å²) in [6.07, 6.45) is 0. The number of carbonyl (C=O) groups excluding carboxylic acids is 1. The Balaban J connectivity index is 1.97. The van der Waals surface area contributed by atoms with Gasteiger partial charge in [0, 0.05) is 11.8 Å². The summed E-state index contributed by atoms with van der Waals surface area (Å²) in [6, 6.07) is 14.3. The molecular weight excluding hydrogens is 280 g/mol. The van der Waals surface area contributed by atoms with E-state index in [1.807, 2.05) is 48.5 Å². The van der Waals surface area contributed by atoms with Crippen molar-refractivity contribution in [3.63, 3.8) is 0 Å². The Morgan fingerprint density at radius 3 is 2.32 bits per heavy atom. The second kappa shape index (κ2) is 5.69. The molecule has 1 fully saturated rings. The average Bonchev–Trinajstić information content (AvgIpc) is 2.58. The van der Waals surface area contributed by atoms with Crippen LogP contribution < -0.4 is 20.1 Å². The number of amides is 1. The predicted molar refractivity (Wildman–Crippen MR) is 84.2 cm³/mol. The minimum absolute atomic E-state index is 0.0962. The van der Waals surface area contributed by atoms with Crippen LogP contribution in [0.5, 0.6) is 11.5 Å². The lowest BCUT2D eigenvalue weighted by Gasteiger charge is -2.45. The molecule has 5 heteroatoms. The van der Waals surface area contributed by atoms with Crippen molar-refractivity contribution in [1.29, 1.82) is 0 Å². The maximum atomic E-state index is 12.2. The summed E-state index contributed by atoms with van der Waals surface area (Å²) in [5.41, 5.74) is 7.75. The molecule has 0 bridgehead atoms. The molecule has 3 rings (SSSR count). The maximum Gasteiger partial charge on any atom is 0.247 e. The highest BCUT2D eigenvalue weighted by molar-refractivity contribution is 6.05. The molecule has 2 atom stereocenters. The topological polar surface area (TPSA) is 64.8 Å². The second-order valence-electron chi connectivity index (χ2n) is 5.16. The Morgan fingerprint density at radius 2 is 1.64 bits per heavy atom. The quantitative estimate of drug-likeness (QED) is 0.878. The summed E-state index contributed by atoms with van der Waals surface area (Å²) in [7, 11) is 3.22. The first kappa shape index (κ1) is 14.4. The van der Waals surface area contributed by atoms with E-state index >= 15 is 0 Å². The van der Waals surface area contributed by atoms with Gasteiger partial charge in [-0.25, -0.2) is 0 Å². The number of methoxy groups -OCH3 is 2. The van der Waals surface area contributed by atoms with Gasteiger partial charge in [-0.15, -0.1) is 0 Å². The normalized spacial score (nSPS) is 20.5. The van der Waals surface area contributed by atoms with Crippen LogP contribution in [-0.4, -0.2) is 26.2 Å². The summed E-state index contributed by atoms with van der Waals surface area (Å²) in [5, 5.41) is 0. The van der Waals surface area contributed by atoms with Crippen molar-refractivity contribution >= 4 is 11.6 Å². The van der Waals surface area contributed by atoms with Gasteiger partial charge in [0.1, 0.15) is 17.5 Å². The van der Waals surface area contributed by atoms with Crippen molar-refractivity contribution in [3.8, 4) is 11.5 Å². The van der Waals surface area contributed by atoms with Gasteiger partial charge in [-0.3, -0.25) is 4.79 Å². The lowest BCUT2D eigenvalue weighted by molar-refractivity contribution is -0.126. The lowest BCUT2D eigenvalue weighted by Crippen LogP contribution is -2.63. The highest BCUT2D eigenvalue weighted by Gasteiger charge is 2.46. The fraction of sp³-hybridized carbons (Fsp3) is 0.235. The first-order valence-electron chi connectivity index (χ1n) is 7.02. The van der Waals surface area contributed by atoms with Crippen molar-refractivity contribution < 1.29 is 14.3 Å². The third kappa shape index (κ3) is 2.29. The number of hydrogen-bond donors (Lipinski definition) is 1. The standard InChI is InChI=1S/C17H18N2O3/c1-21-13-7-3-5-11(9-13)16-15(18)17(20)19(16)12-6-4-8-14(10-12)22-2/h3-10,15-16H,18H2,1-2H3/t15-,16+/m0/s1. The number of hydrogen-bond acceptors (Lipinski definition) is 4. The van der Waals surface area contributed by atoms with Crippen molar-refractivity contribution in [1.82, 2.24) is 0 Å². The van der Waals surface area contributed by atoms with Crippen LogP contribution in [0, 0.1) is 0 Å². The van der Waals surface area contributed by atoms with E-state index in [0.717, 1.165) is 17.0 Å². The third-order valence-corrected chi connectivity index (χ3v) is 3.91. The molecule has 22 heavy (non-hydrogen) atoms. The zero-order chi connectivity index (χ0) is 15.7. The number of nitrogens with two attached hydrogens (primary N) is 1. The molecule has 1 amide bonds. The molecule has 1 saturated heterocycles. The number of nitrogens with zero attached hydrogens (tertiary/aromatic N) is 1. The monoisotopic (exact) mass is 298 g/mol. The van der Waals surface area contributed by atoms with Crippen LogP contribution in [-0.2, 0) is 4.79 Å². The van der Waals surface area contributed by atoms with Crippen LogP contribution in [0.25, 0.3) is 0 Å². The highest BCUT2D eigenvalue weighted by atomic mass is 16.5. The fourth-order valence-electron chi connectivity index (χ4n) is 2.74. The van der Waals surface area contributed by atoms with Crippen LogP contribution in [0.4, 0.5) is 5.69 Å². The molecule has 0 aromatic heterocycles. The van der Waals surface area contributed by atoms with Crippen LogP contribution in [0.15, 0.2) is 48.5 Å². The van der Waals surface area contributed by atoms with Crippen LogP contribution >= 0.6 is 0 Å². The number of β-lactam (4-membered cyclic amide) rings is 1. The number of benzene rings is 2. The summed E-state index contributed by atoms with van der Waals surface area (Å²) < 4.78 is 10.5. The number of anilines is 1. The minimum Gasteiger partial charge on any atom is -0.497 e. The van der Waals surface area contributed by atoms with E-state index in [0.29, 0.717) is 5.75 Å².